The molecule has 3 N–H and O–H groups in total. The maximum atomic E-state index is 10.8. The first kappa shape index (κ1) is 12.5. The van der Waals surface area contributed by atoms with Crippen LogP contribution in [0, 0.1) is 0 Å². The Morgan fingerprint density at radius 2 is 1.94 bits per heavy atom. The minimum Gasteiger partial charge on any atom is -0.494 e. The number of unbranched alkanes of at least 4 members (excludes halogenated alkanes) is 2. The van der Waals surface area contributed by atoms with Crippen LogP contribution in [-0.2, 0) is 4.79 Å². The summed E-state index contributed by atoms with van der Waals surface area (Å²) < 4.78 is 5.51. The van der Waals surface area contributed by atoms with Crippen LogP contribution in [-0.4, -0.2) is 12.5 Å². The fraction of sp³-hybridized carbons (Fsp3) is 0.417. The Hall–Kier alpha value is -1.55. The van der Waals surface area contributed by atoms with Gasteiger partial charge in [0.15, 0.2) is 0 Å². The quantitative estimate of drug-likeness (QED) is 0.319. The van der Waals surface area contributed by atoms with Crippen LogP contribution in [0.3, 0.4) is 0 Å². The van der Waals surface area contributed by atoms with E-state index in [1.807, 2.05) is 30.3 Å². The molecule has 0 fully saturated rings. The summed E-state index contributed by atoms with van der Waals surface area (Å²) in [5, 5.41) is 0. The fourth-order valence-electron chi connectivity index (χ4n) is 1.34. The predicted octanol–water partition coefficient (Wildman–Crippen LogP) is 1.62. The summed E-state index contributed by atoms with van der Waals surface area (Å²) in [5.74, 6) is 5.75. The molecular formula is C12H18N2O2. The van der Waals surface area contributed by atoms with Gasteiger partial charge in [-0.3, -0.25) is 10.2 Å². The first-order chi connectivity index (χ1) is 7.83. The molecule has 0 saturated heterocycles. The molecule has 0 radical (unpaired) electrons. The maximum Gasteiger partial charge on any atom is 0.233 e. The lowest BCUT2D eigenvalue weighted by Gasteiger charge is -2.05. The maximum absolute atomic E-state index is 10.8. The summed E-state index contributed by atoms with van der Waals surface area (Å²) in [6.45, 7) is 0.689. The Morgan fingerprint density at radius 1 is 1.19 bits per heavy atom. The lowest BCUT2D eigenvalue weighted by atomic mass is 10.2. The number of carbonyl (C=O) groups excluding carboxylic acids is 1. The van der Waals surface area contributed by atoms with Gasteiger partial charge in [0.05, 0.1) is 6.61 Å². The summed E-state index contributed by atoms with van der Waals surface area (Å²) >= 11 is 0. The molecule has 1 aromatic rings. The molecule has 0 heterocycles. The minimum absolute atomic E-state index is 0.107. The average Bonchev–Trinajstić information content (AvgIpc) is 2.34. The van der Waals surface area contributed by atoms with E-state index in [0.29, 0.717) is 13.0 Å². The topological polar surface area (TPSA) is 64.3 Å². The summed E-state index contributed by atoms with van der Waals surface area (Å²) in [6.07, 6.45) is 3.26. The normalized spacial score (nSPS) is 9.81. The van der Waals surface area contributed by atoms with Crippen molar-refractivity contribution in [3.8, 4) is 5.75 Å². The third-order valence-corrected chi connectivity index (χ3v) is 2.22. The summed E-state index contributed by atoms with van der Waals surface area (Å²) in [4.78, 5) is 10.8. The minimum atomic E-state index is -0.107. The molecule has 0 saturated carbocycles. The standard InChI is InChI=1S/C12H18N2O2/c13-14-12(15)9-5-2-6-10-16-11-7-3-1-4-8-11/h1,3-4,7-8H,2,5-6,9-10,13H2,(H,14,15). The molecule has 16 heavy (non-hydrogen) atoms. The second kappa shape index (κ2) is 7.70. The van der Waals surface area contributed by atoms with Gasteiger partial charge in [0.1, 0.15) is 5.75 Å². The SMILES string of the molecule is NNC(=O)CCCCCOc1ccccc1. The van der Waals surface area contributed by atoms with E-state index in [2.05, 4.69) is 5.43 Å². The number of hydrazine groups is 1. The molecule has 0 aliphatic heterocycles. The van der Waals surface area contributed by atoms with Crippen LogP contribution in [0.5, 0.6) is 5.75 Å². The molecule has 1 aromatic carbocycles. The van der Waals surface area contributed by atoms with E-state index < -0.39 is 0 Å². The van der Waals surface area contributed by atoms with Gasteiger partial charge in [-0.25, -0.2) is 5.84 Å². The summed E-state index contributed by atoms with van der Waals surface area (Å²) in [6, 6.07) is 9.71. The third kappa shape index (κ3) is 5.36. The number of para-hydroxylation sites is 1. The highest BCUT2D eigenvalue weighted by molar-refractivity contribution is 5.74. The van der Waals surface area contributed by atoms with Crippen molar-refractivity contribution < 1.29 is 9.53 Å². The Kier molecular flexibility index (Phi) is 6.03. The predicted molar refractivity (Wildman–Crippen MR) is 62.7 cm³/mol. The first-order valence-electron chi connectivity index (χ1n) is 5.50. The number of rotatable bonds is 7. The van der Waals surface area contributed by atoms with Crippen LogP contribution in [0.2, 0.25) is 0 Å². The summed E-state index contributed by atoms with van der Waals surface area (Å²) in [5.41, 5.74) is 2.11. The smallest absolute Gasteiger partial charge is 0.233 e. The first-order valence-corrected chi connectivity index (χ1v) is 5.50. The average molecular weight is 222 g/mol. The van der Waals surface area contributed by atoms with Gasteiger partial charge >= 0.3 is 0 Å². The number of nitrogens with one attached hydrogen (secondary N) is 1. The van der Waals surface area contributed by atoms with E-state index in [1.54, 1.807) is 0 Å². The Bertz CT molecular complexity index is 301. The van der Waals surface area contributed by atoms with Gasteiger partial charge in [0.25, 0.3) is 0 Å². The van der Waals surface area contributed by atoms with Gasteiger partial charge < -0.3 is 4.74 Å². The van der Waals surface area contributed by atoms with Crippen LogP contribution in [0.4, 0.5) is 0 Å². The molecule has 0 spiro atoms. The van der Waals surface area contributed by atoms with Gasteiger partial charge in [0, 0.05) is 6.42 Å². The monoisotopic (exact) mass is 222 g/mol. The zero-order valence-electron chi connectivity index (χ0n) is 9.32. The van der Waals surface area contributed by atoms with Crippen LogP contribution < -0.4 is 16.0 Å². The van der Waals surface area contributed by atoms with Crippen LogP contribution in [0.25, 0.3) is 0 Å². The lowest BCUT2D eigenvalue weighted by Crippen LogP contribution is -2.29. The molecular weight excluding hydrogens is 204 g/mol. The number of hydrogen-bond donors (Lipinski definition) is 2. The van der Waals surface area contributed by atoms with Gasteiger partial charge in [-0.05, 0) is 31.4 Å². The molecule has 0 aliphatic carbocycles. The van der Waals surface area contributed by atoms with Gasteiger partial charge in [0.2, 0.25) is 5.91 Å². The van der Waals surface area contributed by atoms with E-state index in [1.165, 1.54) is 0 Å². The molecule has 4 heteroatoms. The Morgan fingerprint density at radius 3 is 2.62 bits per heavy atom. The Labute approximate surface area is 95.8 Å². The lowest BCUT2D eigenvalue weighted by molar-refractivity contribution is -0.121. The number of ether oxygens (including phenoxy) is 1. The fourth-order valence-corrected chi connectivity index (χ4v) is 1.34. The zero-order chi connectivity index (χ0) is 11.6. The van der Waals surface area contributed by atoms with E-state index in [0.717, 1.165) is 25.0 Å². The van der Waals surface area contributed by atoms with E-state index in [4.69, 9.17) is 10.6 Å². The van der Waals surface area contributed by atoms with Crippen LogP contribution in [0.1, 0.15) is 25.7 Å². The van der Waals surface area contributed by atoms with Crippen LogP contribution >= 0.6 is 0 Å². The van der Waals surface area contributed by atoms with Crippen LogP contribution in [0.15, 0.2) is 30.3 Å². The third-order valence-electron chi connectivity index (χ3n) is 2.22. The second-order valence-electron chi connectivity index (χ2n) is 3.54. The number of hydrogen-bond acceptors (Lipinski definition) is 3. The van der Waals surface area contributed by atoms with Crippen molar-refractivity contribution in [3.63, 3.8) is 0 Å². The highest BCUT2D eigenvalue weighted by atomic mass is 16.5. The van der Waals surface area contributed by atoms with Crippen molar-refractivity contribution in [2.24, 2.45) is 5.84 Å². The van der Waals surface area contributed by atoms with E-state index >= 15 is 0 Å². The highest BCUT2D eigenvalue weighted by Crippen LogP contribution is 2.09. The molecule has 0 unspecified atom stereocenters. The zero-order valence-corrected chi connectivity index (χ0v) is 9.32. The van der Waals surface area contributed by atoms with Crippen molar-refractivity contribution in [3.05, 3.63) is 30.3 Å². The molecule has 1 rings (SSSR count). The Balaban J connectivity index is 1.98. The molecule has 0 bridgehead atoms. The number of nitrogens with two attached hydrogens (primary N) is 1. The van der Waals surface area contributed by atoms with Gasteiger partial charge in [-0.15, -0.1) is 0 Å². The molecule has 0 atom stereocenters. The highest BCUT2D eigenvalue weighted by Gasteiger charge is 1.97. The molecule has 4 nitrogen and oxygen atoms in total. The molecule has 88 valence electrons. The van der Waals surface area contributed by atoms with Gasteiger partial charge in [-0.2, -0.15) is 0 Å². The number of carbonyl (C=O) groups is 1. The van der Waals surface area contributed by atoms with Crippen molar-refractivity contribution in [1.29, 1.82) is 0 Å². The van der Waals surface area contributed by atoms with Crippen molar-refractivity contribution in [2.45, 2.75) is 25.7 Å². The second-order valence-corrected chi connectivity index (χ2v) is 3.54. The van der Waals surface area contributed by atoms with E-state index in [9.17, 15) is 4.79 Å². The van der Waals surface area contributed by atoms with Crippen molar-refractivity contribution >= 4 is 5.91 Å². The number of amides is 1. The summed E-state index contributed by atoms with van der Waals surface area (Å²) in [7, 11) is 0. The van der Waals surface area contributed by atoms with Gasteiger partial charge in [-0.1, -0.05) is 18.2 Å². The van der Waals surface area contributed by atoms with Crippen molar-refractivity contribution in [1.82, 2.24) is 5.43 Å². The molecule has 1 amide bonds. The largest absolute Gasteiger partial charge is 0.494 e. The molecule has 0 aromatic heterocycles. The van der Waals surface area contributed by atoms with E-state index in [-0.39, 0.29) is 5.91 Å². The molecule has 0 aliphatic rings. The van der Waals surface area contributed by atoms with Crippen molar-refractivity contribution in [2.75, 3.05) is 6.61 Å². The number of benzene rings is 1.